The van der Waals surface area contributed by atoms with Gasteiger partial charge in [-0.15, -0.1) is 0 Å². The van der Waals surface area contributed by atoms with Crippen LogP contribution in [0.5, 0.6) is 5.75 Å². The molecule has 0 saturated heterocycles. The van der Waals surface area contributed by atoms with Gasteiger partial charge in [0.1, 0.15) is 15.4 Å². The second-order valence-electron chi connectivity index (χ2n) is 2.68. The minimum Gasteiger partial charge on any atom is -0.497 e. The molecule has 0 saturated carbocycles. The first-order chi connectivity index (χ1) is 7.54. The lowest BCUT2D eigenvalue weighted by Gasteiger charge is -2.01. The van der Waals surface area contributed by atoms with Crippen LogP contribution in [0.3, 0.4) is 0 Å². The third-order valence-electron chi connectivity index (χ3n) is 1.68. The average Bonchev–Trinajstić information content (AvgIpc) is 2.28. The van der Waals surface area contributed by atoms with Crippen molar-refractivity contribution in [2.75, 3.05) is 7.11 Å². The highest BCUT2D eigenvalue weighted by molar-refractivity contribution is 6.70. The van der Waals surface area contributed by atoms with Crippen LogP contribution < -0.4 is 4.74 Å². The quantitative estimate of drug-likeness (QED) is 0.594. The van der Waals surface area contributed by atoms with Crippen molar-refractivity contribution in [3.05, 3.63) is 39.5 Å². The van der Waals surface area contributed by atoms with Gasteiger partial charge >= 0.3 is 0 Å². The van der Waals surface area contributed by atoms with E-state index in [2.05, 4.69) is 4.99 Å². The van der Waals surface area contributed by atoms with Gasteiger partial charge in [-0.2, -0.15) is 0 Å². The van der Waals surface area contributed by atoms with Gasteiger partial charge in [0.05, 0.1) is 7.11 Å². The number of hydrogen-bond acceptors (Lipinski definition) is 2. The van der Waals surface area contributed by atoms with Crippen molar-refractivity contribution < 1.29 is 4.74 Å². The van der Waals surface area contributed by atoms with Crippen LogP contribution in [0.15, 0.2) is 38.9 Å². The van der Waals surface area contributed by atoms with E-state index in [4.69, 9.17) is 51.1 Å². The Morgan fingerprint density at radius 2 is 1.62 bits per heavy atom. The van der Waals surface area contributed by atoms with Crippen LogP contribution in [-0.4, -0.2) is 12.3 Å². The molecule has 0 spiro atoms. The summed E-state index contributed by atoms with van der Waals surface area (Å²) in [4.78, 5) is 3.82. The smallest absolute Gasteiger partial charge is 0.160 e. The number of rotatable bonds is 3. The van der Waals surface area contributed by atoms with E-state index in [1.54, 1.807) is 31.4 Å². The fourth-order valence-electron chi connectivity index (χ4n) is 0.922. The standard InChI is InChI=1S/C10H7Cl4NO/c1-16-7-4-2-6(3-5-7)9(13)15-10(14)8(11)12/h2-5H,1H3/b15-9-. The highest BCUT2D eigenvalue weighted by Gasteiger charge is 2.03. The lowest BCUT2D eigenvalue weighted by molar-refractivity contribution is 0.415. The van der Waals surface area contributed by atoms with E-state index in [0.29, 0.717) is 5.56 Å². The fraction of sp³-hybridized carbons (Fsp3) is 0.100. The zero-order valence-corrected chi connectivity index (χ0v) is 11.2. The summed E-state index contributed by atoms with van der Waals surface area (Å²) < 4.78 is 4.88. The van der Waals surface area contributed by atoms with E-state index in [1.807, 2.05) is 0 Å². The highest BCUT2D eigenvalue weighted by atomic mass is 35.5. The Morgan fingerprint density at radius 1 is 1.06 bits per heavy atom. The molecule has 0 radical (unpaired) electrons. The minimum absolute atomic E-state index is 0.0517. The second-order valence-corrected chi connectivity index (χ2v) is 4.35. The number of aliphatic imine (C=N–C) groups is 1. The molecule has 0 aromatic heterocycles. The van der Waals surface area contributed by atoms with Crippen molar-refractivity contribution in [2.24, 2.45) is 4.99 Å². The summed E-state index contributed by atoms with van der Waals surface area (Å²) in [5.41, 5.74) is 0.690. The second kappa shape index (κ2) is 6.36. The molecule has 0 N–H and O–H groups in total. The van der Waals surface area contributed by atoms with Crippen molar-refractivity contribution in [2.45, 2.75) is 0 Å². The predicted octanol–water partition coefficient (Wildman–Crippen LogP) is 4.52. The molecule has 0 heterocycles. The molecule has 16 heavy (non-hydrogen) atoms. The lowest BCUT2D eigenvalue weighted by atomic mass is 10.2. The van der Waals surface area contributed by atoms with Gasteiger partial charge in [0.2, 0.25) is 0 Å². The predicted molar refractivity (Wildman–Crippen MR) is 70.0 cm³/mol. The normalized spacial score (nSPS) is 11.2. The van der Waals surface area contributed by atoms with Gasteiger partial charge in [0.25, 0.3) is 0 Å². The van der Waals surface area contributed by atoms with Gasteiger partial charge in [-0.05, 0) is 24.3 Å². The van der Waals surface area contributed by atoms with Gasteiger partial charge < -0.3 is 4.74 Å². The number of nitrogens with zero attached hydrogens (tertiary/aromatic N) is 1. The zero-order valence-electron chi connectivity index (χ0n) is 8.18. The first-order valence-electron chi connectivity index (χ1n) is 4.14. The molecular formula is C10H7Cl4NO. The van der Waals surface area contributed by atoms with Gasteiger partial charge in [-0.25, -0.2) is 4.99 Å². The molecule has 1 rings (SSSR count). The summed E-state index contributed by atoms with van der Waals surface area (Å²) in [6.07, 6.45) is 0. The molecule has 0 bridgehead atoms. The van der Waals surface area contributed by atoms with Crippen LogP contribution in [0.25, 0.3) is 0 Å². The SMILES string of the molecule is COc1ccc(/C(Cl)=N/C(Cl)=C(Cl)Cl)cc1. The van der Waals surface area contributed by atoms with E-state index in [-0.39, 0.29) is 14.8 Å². The van der Waals surface area contributed by atoms with Crippen molar-refractivity contribution in [1.82, 2.24) is 0 Å². The molecule has 1 aromatic carbocycles. The summed E-state index contributed by atoms with van der Waals surface area (Å²) in [7, 11) is 1.58. The molecule has 1 aromatic rings. The number of ether oxygens (including phenoxy) is 1. The van der Waals surface area contributed by atoms with Gasteiger partial charge in [-0.1, -0.05) is 46.4 Å². The third kappa shape index (κ3) is 3.87. The molecule has 86 valence electrons. The van der Waals surface area contributed by atoms with E-state index < -0.39 is 0 Å². The maximum atomic E-state index is 5.91. The maximum Gasteiger partial charge on any atom is 0.160 e. The topological polar surface area (TPSA) is 21.6 Å². The Kier molecular flexibility index (Phi) is 5.42. The van der Waals surface area contributed by atoms with Gasteiger partial charge in [0, 0.05) is 5.56 Å². The molecule has 0 aliphatic rings. The molecule has 6 heteroatoms. The summed E-state index contributed by atoms with van der Waals surface area (Å²) in [6.45, 7) is 0. The monoisotopic (exact) mass is 297 g/mol. The van der Waals surface area contributed by atoms with Crippen molar-refractivity contribution >= 4 is 51.6 Å². The summed E-state index contributed by atoms with van der Waals surface area (Å²) in [6, 6.07) is 7.01. The van der Waals surface area contributed by atoms with E-state index >= 15 is 0 Å². The van der Waals surface area contributed by atoms with Gasteiger partial charge in [-0.3, -0.25) is 0 Å². The fourth-order valence-corrected chi connectivity index (χ4v) is 1.34. The largest absolute Gasteiger partial charge is 0.497 e. The molecule has 0 atom stereocenters. The first-order valence-corrected chi connectivity index (χ1v) is 5.65. The first kappa shape index (κ1) is 13.7. The van der Waals surface area contributed by atoms with E-state index in [0.717, 1.165) is 5.75 Å². The molecule has 0 unspecified atom stereocenters. The van der Waals surface area contributed by atoms with Crippen molar-refractivity contribution in [3.8, 4) is 5.75 Å². The highest BCUT2D eigenvalue weighted by Crippen LogP contribution is 2.21. The van der Waals surface area contributed by atoms with Crippen molar-refractivity contribution in [3.63, 3.8) is 0 Å². The molecule has 0 aliphatic carbocycles. The Morgan fingerprint density at radius 3 is 2.06 bits per heavy atom. The van der Waals surface area contributed by atoms with Crippen molar-refractivity contribution in [1.29, 1.82) is 0 Å². The molecular weight excluding hydrogens is 292 g/mol. The summed E-state index contributed by atoms with van der Waals surface area (Å²) in [5, 5.41) is 0.149. The molecule has 0 amide bonds. The van der Waals surface area contributed by atoms with Crippen LogP contribution >= 0.6 is 46.4 Å². The van der Waals surface area contributed by atoms with Crippen LogP contribution in [0.4, 0.5) is 0 Å². The van der Waals surface area contributed by atoms with E-state index in [9.17, 15) is 0 Å². The zero-order chi connectivity index (χ0) is 12.1. The number of methoxy groups -OCH3 is 1. The summed E-state index contributed by atoms with van der Waals surface area (Å²) in [5.74, 6) is 0.727. The third-order valence-corrected chi connectivity index (χ3v) is 2.81. The van der Waals surface area contributed by atoms with Crippen LogP contribution in [0, 0.1) is 0 Å². The van der Waals surface area contributed by atoms with Crippen LogP contribution in [0.1, 0.15) is 5.56 Å². The average molecular weight is 299 g/mol. The Hall–Kier alpha value is -0.410. The molecule has 2 nitrogen and oxygen atoms in total. The van der Waals surface area contributed by atoms with Crippen LogP contribution in [-0.2, 0) is 0 Å². The Labute approximate surface area is 113 Å². The minimum atomic E-state index is -0.131. The maximum absolute atomic E-state index is 5.91. The number of benzene rings is 1. The number of halogens is 4. The van der Waals surface area contributed by atoms with E-state index in [1.165, 1.54) is 0 Å². The van der Waals surface area contributed by atoms with Gasteiger partial charge in [0.15, 0.2) is 5.16 Å². The number of hydrogen-bond donors (Lipinski definition) is 0. The summed E-state index contributed by atoms with van der Waals surface area (Å²) >= 11 is 22.4. The lowest BCUT2D eigenvalue weighted by Crippen LogP contribution is -1.91. The molecule has 0 fully saturated rings. The Balaban J connectivity index is 2.96. The molecule has 0 aliphatic heterocycles. The Bertz CT molecular complexity index is 421. The van der Waals surface area contributed by atoms with Crippen LogP contribution in [0.2, 0.25) is 0 Å².